The molecule has 0 saturated heterocycles. The minimum atomic E-state index is -0.424. The Bertz CT molecular complexity index is 764. The first-order valence-electron chi connectivity index (χ1n) is 8.78. The number of carbonyl (C=O) groups is 2. The number of thiophene rings is 1. The summed E-state index contributed by atoms with van der Waals surface area (Å²) < 4.78 is 7.38. The van der Waals surface area contributed by atoms with Gasteiger partial charge >= 0.3 is 5.97 Å². The van der Waals surface area contributed by atoms with E-state index in [4.69, 9.17) is 4.74 Å². The molecule has 140 valence electrons. The number of amides is 1. The maximum absolute atomic E-state index is 12.3. The molecule has 1 saturated carbocycles. The maximum Gasteiger partial charge on any atom is 0.340 e. The van der Waals surface area contributed by atoms with Crippen molar-refractivity contribution in [3.63, 3.8) is 0 Å². The molecular formula is C19H24N2O3S2. The molecule has 0 atom stereocenters. The van der Waals surface area contributed by atoms with Crippen LogP contribution in [0.2, 0.25) is 0 Å². The molecule has 0 bridgehead atoms. The first kappa shape index (κ1) is 19.0. The number of hydrogen-bond donors (Lipinski definition) is 1. The number of thioether (sulfide) groups is 1. The minimum absolute atomic E-state index is 0.235. The highest BCUT2D eigenvalue weighted by Crippen LogP contribution is 2.38. The molecule has 1 aliphatic carbocycles. The average molecular weight is 393 g/mol. The molecule has 1 amide bonds. The number of aromatic nitrogens is 1. The Morgan fingerprint density at radius 2 is 2.19 bits per heavy atom. The van der Waals surface area contributed by atoms with E-state index in [-0.39, 0.29) is 12.5 Å². The van der Waals surface area contributed by atoms with E-state index in [0.29, 0.717) is 18.2 Å². The second-order valence-electron chi connectivity index (χ2n) is 6.44. The number of aryl methyl sites for hydroxylation is 1. The van der Waals surface area contributed by atoms with Crippen molar-refractivity contribution in [1.82, 2.24) is 9.88 Å². The van der Waals surface area contributed by atoms with Crippen molar-refractivity contribution >= 4 is 35.0 Å². The van der Waals surface area contributed by atoms with Crippen molar-refractivity contribution in [2.24, 2.45) is 0 Å². The number of esters is 1. The van der Waals surface area contributed by atoms with E-state index in [9.17, 15) is 9.59 Å². The van der Waals surface area contributed by atoms with E-state index in [0.717, 1.165) is 35.7 Å². The lowest BCUT2D eigenvalue weighted by atomic mass is 10.2. The van der Waals surface area contributed by atoms with Crippen LogP contribution in [-0.4, -0.2) is 35.3 Å². The molecule has 1 fully saturated rings. The second-order valence-corrected chi connectivity index (χ2v) is 8.58. The summed E-state index contributed by atoms with van der Waals surface area (Å²) in [4.78, 5) is 25.4. The van der Waals surface area contributed by atoms with Crippen molar-refractivity contribution in [3.05, 3.63) is 45.4 Å². The molecule has 5 nitrogen and oxygen atoms in total. The molecule has 1 aliphatic rings. The molecule has 1 N–H and O–H groups in total. The predicted molar refractivity (Wildman–Crippen MR) is 106 cm³/mol. The van der Waals surface area contributed by atoms with E-state index in [1.165, 1.54) is 4.88 Å². The Balaban J connectivity index is 1.36. The van der Waals surface area contributed by atoms with Crippen LogP contribution < -0.4 is 5.32 Å². The van der Waals surface area contributed by atoms with Gasteiger partial charge in [0.25, 0.3) is 5.91 Å². The molecule has 26 heavy (non-hydrogen) atoms. The number of carbonyl (C=O) groups excluding carboxylic acids is 2. The SMILES string of the molecule is Cc1cc(C(=O)OCC(=O)NCCSCc2cccs2)c(C)n1C1CC1. The quantitative estimate of drug-likeness (QED) is 0.522. The number of rotatable bonds is 9. The topological polar surface area (TPSA) is 60.3 Å². The summed E-state index contributed by atoms with van der Waals surface area (Å²) in [6.45, 7) is 4.28. The van der Waals surface area contributed by atoms with Gasteiger partial charge in [-0.05, 0) is 44.2 Å². The van der Waals surface area contributed by atoms with Gasteiger partial charge in [-0.15, -0.1) is 11.3 Å². The summed E-state index contributed by atoms with van der Waals surface area (Å²) in [5.41, 5.74) is 2.57. The predicted octanol–water partition coefficient (Wildman–Crippen LogP) is 3.71. The molecule has 0 spiro atoms. The minimum Gasteiger partial charge on any atom is -0.452 e. The van der Waals surface area contributed by atoms with Gasteiger partial charge in [0.15, 0.2) is 6.61 Å². The van der Waals surface area contributed by atoms with Gasteiger partial charge in [0.05, 0.1) is 5.56 Å². The highest BCUT2D eigenvalue weighted by molar-refractivity contribution is 7.98. The van der Waals surface area contributed by atoms with Crippen molar-refractivity contribution in [1.29, 1.82) is 0 Å². The average Bonchev–Trinajstić information content (AvgIpc) is 3.21. The zero-order chi connectivity index (χ0) is 18.5. The van der Waals surface area contributed by atoms with Crippen molar-refractivity contribution in [2.45, 2.75) is 38.5 Å². The van der Waals surface area contributed by atoms with Gasteiger partial charge in [0, 0.05) is 40.4 Å². The third kappa shape index (κ3) is 4.92. The van der Waals surface area contributed by atoms with Crippen LogP contribution in [-0.2, 0) is 15.3 Å². The fourth-order valence-corrected chi connectivity index (χ4v) is 4.67. The van der Waals surface area contributed by atoms with Gasteiger partial charge in [-0.3, -0.25) is 4.79 Å². The third-order valence-corrected chi connectivity index (χ3v) is 6.41. The van der Waals surface area contributed by atoms with Crippen molar-refractivity contribution in [2.75, 3.05) is 18.9 Å². The Morgan fingerprint density at radius 1 is 1.38 bits per heavy atom. The van der Waals surface area contributed by atoms with Gasteiger partial charge in [0.2, 0.25) is 0 Å². The Labute approximate surface area is 162 Å². The lowest BCUT2D eigenvalue weighted by molar-refractivity contribution is -0.124. The van der Waals surface area contributed by atoms with Crippen LogP contribution in [0.3, 0.4) is 0 Å². The van der Waals surface area contributed by atoms with E-state index in [1.807, 2.05) is 26.0 Å². The van der Waals surface area contributed by atoms with Crippen LogP contribution in [0, 0.1) is 13.8 Å². The fraction of sp³-hybridized carbons (Fsp3) is 0.474. The molecule has 2 aromatic heterocycles. The molecule has 0 radical (unpaired) electrons. The fourth-order valence-electron chi connectivity index (χ4n) is 2.97. The van der Waals surface area contributed by atoms with Gasteiger partial charge in [-0.1, -0.05) is 6.07 Å². The zero-order valence-electron chi connectivity index (χ0n) is 15.1. The molecular weight excluding hydrogens is 368 g/mol. The number of nitrogens with one attached hydrogen (secondary N) is 1. The molecule has 0 unspecified atom stereocenters. The molecule has 0 aromatic carbocycles. The van der Waals surface area contributed by atoms with Gasteiger partial charge in [0.1, 0.15) is 0 Å². The summed E-state index contributed by atoms with van der Waals surface area (Å²) in [7, 11) is 0. The molecule has 2 aromatic rings. The van der Waals surface area contributed by atoms with Crippen LogP contribution in [0.4, 0.5) is 0 Å². The third-order valence-electron chi connectivity index (χ3n) is 4.34. The number of nitrogens with zero attached hydrogens (tertiary/aromatic N) is 1. The van der Waals surface area contributed by atoms with Crippen LogP contribution >= 0.6 is 23.1 Å². The highest BCUT2D eigenvalue weighted by Gasteiger charge is 2.28. The molecule has 7 heteroatoms. The lowest BCUT2D eigenvalue weighted by Gasteiger charge is -2.08. The summed E-state index contributed by atoms with van der Waals surface area (Å²) in [5, 5.41) is 4.85. The summed E-state index contributed by atoms with van der Waals surface area (Å²) in [5.74, 6) is 1.11. The smallest absolute Gasteiger partial charge is 0.340 e. The monoisotopic (exact) mass is 392 g/mol. The number of hydrogen-bond acceptors (Lipinski definition) is 5. The lowest BCUT2D eigenvalue weighted by Crippen LogP contribution is -2.30. The van der Waals surface area contributed by atoms with Crippen LogP contribution in [0.15, 0.2) is 23.6 Å². The van der Waals surface area contributed by atoms with E-state index in [1.54, 1.807) is 23.1 Å². The Kier molecular flexibility index (Phi) is 6.43. The second kappa shape index (κ2) is 8.77. The standard InChI is InChI=1S/C19H24N2O3S2/c1-13-10-17(14(2)21(13)15-5-6-15)19(23)24-11-18(22)20-7-9-25-12-16-4-3-8-26-16/h3-4,8,10,15H,5-7,9,11-12H2,1-2H3,(H,20,22). The first-order valence-corrected chi connectivity index (χ1v) is 10.8. The largest absolute Gasteiger partial charge is 0.452 e. The Morgan fingerprint density at radius 3 is 2.88 bits per heavy atom. The molecule has 3 rings (SSSR count). The molecule has 2 heterocycles. The summed E-state index contributed by atoms with van der Waals surface area (Å²) in [6.07, 6.45) is 2.33. The Hall–Kier alpha value is -1.73. The van der Waals surface area contributed by atoms with Crippen molar-refractivity contribution < 1.29 is 14.3 Å². The van der Waals surface area contributed by atoms with Crippen molar-refractivity contribution in [3.8, 4) is 0 Å². The zero-order valence-corrected chi connectivity index (χ0v) is 16.8. The maximum atomic E-state index is 12.3. The van der Waals surface area contributed by atoms with E-state index < -0.39 is 5.97 Å². The van der Waals surface area contributed by atoms with Gasteiger partial charge in [-0.25, -0.2) is 4.79 Å². The number of ether oxygens (including phenoxy) is 1. The van der Waals surface area contributed by atoms with E-state index >= 15 is 0 Å². The van der Waals surface area contributed by atoms with Crippen LogP contribution in [0.5, 0.6) is 0 Å². The van der Waals surface area contributed by atoms with Gasteiger partial charge in [-0.2, -0.15) is 11.8 Å². The van der Waals surface area contributed by atoms with Gasteiger partial charge < -0.3 is 14.6 Å². The molecule has 0 aliphatic heterocycles. The normalized spacial score (nSPS) is 13.6. The summed E-state index contributed by atoms with van der Waals surface area (Å²) >= 11 is 3.51. The highest BCUT2D eigenvalue weighted by atomic mass is 32.2. The summed E-state index contributed by atoms with van der Waals surface area (Å²) in [6, 6.07) is 6.52. The van der Waals surface area contributed by atoms with Crippen LogP contribution in [0.25, 0.3) is 0 Å². The first-order chi connectivity index (χ1) is 12.6. The van der Waals surface area contributed by atoms with Crippen LogP contribution in [0.1, 0.15) is 45.5 Å². The van der Waals surface area contributed by atoms with E-state index in [2.05, 4.69) is 21.3 Å².